The molecule has 0 spiro atoms. The largest absolute Gasteiger partial charge is 0.314 e. The van der Waals surface area contributed by atoms with Crippen LogP contribution in [-0.2, 0) is 12.8 Å². The van der Waals surface area contributed by atoms with Crippen LogP contribution in [0.4, 0.5) is 0 Å². The van der Waals surface area contributed by atoms with Gasteiger partial charge in [0.15, 0.2) is 0 Å². The van der Waals surface area contributed by atoms with Gasteiger partial charge in [-0.25, -0.2) is 0 Å². The summed E-state index contributed by atoms with van der Waals surface area (Å²) in [4.78, 5) is 0. The zero-order valence-corrected chi connectivity index (χ0v) is 14.7. The van der Waals surface area contributed by atoms with Crippen LogP contribution in [0.3, 0.4) is 0 Å². The minimum atomic E-state index is 0. The molecular formula is C20H32ClN. The van der Waals surface area contributed by atoms with Gasteiger partial charge in [-0.2, -0.15) is 0 Å². The number of hydrogen-bond acceptors (Lipinski definition) is 1. The molecule has 1 aliphatic heterocycles. The second kappa shape index (κ2) is 9.57. The van der Waals surface area contributed by atoms with E-state index in [1.807, 2.05) is 0 Å². The van der Waals surface area contributed by atoms with E-state index in [-0.39, 0.29) is 12.4 Å². The van der Waals surface area contributed by atoms with E-state index in [0.29, 0.717) is 6.04 Å². The number of halogens is 1. The average molecular weight is 322 g/mol. The molecule has 1 unspecified atom stereocenters. The highest BCUT2D eigenvalue weighted by atomic mass is 35.5. The van der Waals surface area contributed by atoms with E-state index in [4.69, 9.17) is 0 Å². The van der Waals surface area contributed by atoms with E-state index < -0.39 is 0 Å². The molecule has 0 bridgehead atoms. The molecule has 1 aromatic rings. The lowest BCUT2D eigenvalue weighted by Gasteiger charge is -2.23. The molecule has 124 valence electrons. The first-order chi connectivity index (χ1) is 10.4. The number of aryl methyl sites for hydroxylation is 1. The first kappa shape index (κ1) is 17.8. The maximum Gasteiger partial charge on any atom is 0.0107 e. The smallest absolute Gasteiger partial charge is 0.0107 e. The SMILES string of the molecule is Cl.c1cc(CC2CCCCN2)ccc1CCC1CCCCC1. The Morgan fingerprint density at radius 3 is 2.18 bits per heavy atom. The van der Waals surface area contributed by atoms with Crippen LogP contribution in [0.1, 0.15) is 68.9 Å². The Labute approximate surface area is 142 Å². The summed E-state index contributed by atoms with van der Waals surface area (Å²) in [6.07, 6.45) is 15.4. The number of benzene rings is 1. The summed E-state index contributed by atoms with van der Waals surface area (Å²) in [5, 5.41) is 3.65. The minimum absolute atomic E-state index is 0. The fourth-order valence-electron chi connectivity index (χ4n) is 4.07. The Morgan fingerprint density at radius 2 is 1.50 bits per heavy atom. The Morgan fingerprint density at radius 1 is 0.818 bits per heavy atom. The van der Waals surface area contributed by atoms with Crippen molar-refractivity contribution in [2.75, 3.05) is 6.54 Å². The molecule has 0 radical (unpaired) electrons. The zero-order chi connectivity index (χ0) is 14.3. The van der Waals surface area contributed by atoms with E-state index in [9.17, 15) is 0 Å². The van der Waals surface area contributed by atoms with Gasteiger partial charge >= 0.3 is 0 Å². The Hall–Kier alpha value is -0.530. The van der Waals surface area contributed by atoms with Gasteiger partial charge in [0.05, 0.1) is 0 Å². The minimum Gasteiger partial charge on any atom is -0.314 e. The van der Waals surface area contributed by atoms with Crippen molar-refractivity contribution in [1.82, 2.24) is 5.32 Å². The Balaban J connectivity index is 0.00000176. The van der Waals surface area contributed by atoms with E-state index in [2.05, 4.69) is 29.6 Å². The summed E-state index contributed by atoms with van der Waals surface area (Å²) in [6, 6.07) is 10.2. The van der Waals surface area contributed by atoms with Crippen molar-refractivity contribution >= 4 is 12.4 Å². The predicted molar refractivity (Wildman–Crippen MR) is 97.9 cm³/mol. The third kappa shape index (κ3) is 5.59. The molecule has 1 atom stereocenters. The number of hydrogen-bond donors (Lipinski definition) is 1. The summed E-state index contributed by atoms with van der Waals surface area (Å²) < 4.78 is 0. The van der Waals surface area contributed by atoms with Gasteiger partial charge < -0.3 is 5.32 Å². The third-order valence-electron chi connectivity index (χ3n) is 5.48. The van der Waals surface area contributed by atoms with E-state index in [1.54, 1.807) is 5.56 Å². The molecule has 1 heterocycles. The van der Waals surface area contributed by atoms with Crippen molar-refractivity contribution in [1.29, 1.82) is 0 Å². The van der Waals surface area contributed by atoms with Crippen molar-refractivity contribution in [3.05, 3.63) is 35.4 Å². The van der Waals surface area contributed by atoms with Crippen LogP contribution >= 0.6 is 12.4 Å². The van der Waals surface area contributed by atoms with E-state index >= 15 is 0 Å². The number of piperidine rings is 1. The highest BCUT2D eigenvalue weighted by molar-refractivity contribution is 5.85. The predicted octanol–water partition coefficient (Wildman–Crippen LogP) is 5.31. The van der Waals surface area contributed by atoms with Crippen molar-refractivity contribution in [2.45, 2.75) is 76.7 Å². The fourth-order valence-corrected chi connectivity index (χ4v) is 4.07. The lowest BCUT2D eigenvalue weighted by Crippen LogP contribution is -2.35. The standard InChI is InChI=1S/C20H31N.ClH/c1-2-6-17(7-3-1)9-10-18-11-13-19(14-12-18)16-20-8-4-5-15-21-20;/h11-14,17,20-21H,1-10,15-16H2;1H. The second-order valence-electron chi connectivity index (χ2n) is 7.21. The monoisotopic (exact) mass is 321 g/mol. The van der Waals surface area contributed by atoms with Crippen LogP contribution < -0.4 is 5.32 Å². The molecule has 2 fully saturated rings. The zero-order valence-electron chi connectivity index (χ0n) is 13.9. The maximum absolute atomic E-state index is 3.65. The summed E-state index contributed by atoms with van der Waals surface area (Å²) in [5.74, 6) is 1.00. The van der Waals surface area contributed by atoms with Gasteiger partial charge in [0.1, 0.15) is 0 Å². The van der Waals surface area contributed by atoms with Gasteiger partial charge in [-0.15, -0.1) is 12.4 Å². The summed E-state index contributed by atoms with van der Waals surface area (Å²) in [5.41, 5.74) is 3.05. The first-order valence-electron chi connectivity index (χ1n) is 9.21. The molecule has 0 amide bonds. The number of rotatable bonds is 5. The van der Waals surface area contributed by atoms with Crippen molar-refractivity contribution in [3.8, 4) is 0 Å². The molecule has 1 aromatic carbocycles. The molecular weight excluding hydrogens is 290 g/mol. The summed E-state index contributed by atoms with van der Waals surface area (Å²) in [6.45, 7) is 1.21. The molecule has 1 aliphatic carbocycles. The van der Waals surface area contributed by atoms with Crippen molar-refractivity contribution in [3.63, 3.8) is 0 Å². The summed E-state index contributed by atoms with van der Waals surface area (Å²) in [7, 11) is 0. The molecule has 1 saturated heterocycles. The lowest BCUT2D eigenvalue weighted by atomic mass is 9.85. The van der Waals surface area contributed by atoms with Crippen LogP contribution in [0.5, 0.6) is 0 Å². The molecule has 2 heteroatoms. The molecule has 22 heavy (non-hydrogen) atoms. The molecule has 3 rings (SSSR count). The maximum atomic E-state index is 3.65. The second-order valence-corrected chi connectivity index (χ2v) is 7.21. The fraction of sp³-hybridized carbons (Fsp3) is 0.700. The molecule has 1 N–H and O–H groups in total. The highest BCUT2D eigenvalue weighted by Gasteiger charge is 2.14. The molecule has 2 aliphatic rings. The van der Waals surface area contributed by atoms with E-state index in [0.717, 1.165) is 5.92 Å². The molecule has 1 saturated carbocycles. The highest BCUT2D eigenvalue weighted by Crippen LogP contribution is 2.27. The van der Waals surface area contributed by atoms with Crippen molar-refractivity contribution in [2.24, 2.45) is 5.92 Å². The summed E-state index contributed by atoms with van der Waals surface area (Å²) >= 11 is 0. The van der Waals surface area contributed by atoms with Crippen LogP contribution in [0.15, 0.2) is 24.3 Å². The topological polar surface area (TPSA) is 12.0 Å². The third-order valence-corrected chi connectivity index (χ3v) is 5.48. The van der Waals surface area contributed by atoms with Crippen molar-refractivity contribution < 1.29 is 0 Å². The Kier molecular flexibility index (Phi) is 7.75. The van der Waals surface area contributed by atoms with Gasteiger partial charge in [-0.1, -0.05) is 62.8 Å². The lowest BCUT2D eigenvalue weighted by molar-refractivity contribution is 0.339. The molecule has 1 nitrogen and oxygen atoms in total. The van der Waals surface area contributed by atoms with Crippen LogP contribution in [0, 0.1) is 5.92 Å². The van der Waals surface area contributed by atoms with Crippen LogP contribution in [-0.4, -0.2) is 12.6 Å². The molecule has 0 aromatic heterocycles. The van der Waals surface area contributed by atoms with Gasteiger partial charge in [0, 0.05) is 6.04 Å². The quantitative estimate of drug-likeness (QED) is 0.775. The van der Waals surface area contributed by atoms with E-state index in [1.165, 1.54) is 82.7 Å². The van der Waals surface area contributed by atoms with Gasteiger partial charge in [0.2, 0.25) is 0 Å². The number of nitrogens with one attached hydrogen (secondary N) is 1. The normalized spacial score (nSPS) is 23.0. The van der Waals surface area contributed by atoms with Gasteiger partial charge in [-0.3, -0.25) is 0 Å². The van der Waals surface area contributed by atoms with Crippen LogP contribution in [0.25, 0.3) is 0 Å². The Bertz CT molecular complexity index is 402. The van der Waals surface area contributed by atoms with Gasteiger partial charge in [0.25, 0.3) is 0 Å². The average Bonchev–Trinajstić information content (AvgIpc) is 2.56. The first-order valence-corrected chi connectivity index (χ1v) is 9.21. The van der Waals surface area contributed by atoms with Crippen LogP contribution in [0.2, 0.25) is 0 Å². The van der Waals surface area contributed by atoms with Gasteiger partial charge in [-0.05, 0) is 55.7 Å².